The van der Waals surface area contributed by atoms with E-state index in [0.29, 0.717) is 13.2 Å². The quantitative estimate of drug-likeness (QED) is 0.837. The molecule has 0 saturated heterocycles. The highest BCUT2D eigenvalue weighted by Crippen LogP contribution is 2.30. The van der Waals surface area contributed by atoms with Crippen molar-refractivity contribution in [3.8, 4) is 0 Å². The molecular weight excluding hydrogens is 252 g/mol. The van der Waals surface area contributed by atoms with E-state index in [1.54, 1.807) is 0 Å². The number of carbonyl (C=O) groups excluding carboxylic acids is 1. The zero-order valence-electron chi connectivity index (χ0n) is 11.0. The number of fused-ring (bicyclic) bond motifs is 1. The summed E-state index contributed by atoms with van der Waals surface area (Å²) < 4.78 is 0. The van der Waals surface area contributed by atoms with Gasteiger partial charge in [-0.05, 0) is 17.2 Å². The summed E-state index contributed by atoms with van der Waals surface area (Å²) in [6.45, 7) is 0.980. The summed E-state index contributed by atoms with van der Waals surface area (Å²) in [5.41, 5.74) is 5.61. The molecule has 1 aliphatic heterocycles. The van der Waals surface area contributed by atoms with Gasteiger partial charge in [-0.15, -0.1) is 0 Å². The maximum absolute atomic E-state index is 12.1. The summed E-state index contributed by atoms with van der Waals surface area (Å²) in [5, 5.41) is 3.22. The Morgan fingerprint density at radius 2 is 1.90 bits per heavy atom. The van der Waals surface area contributed by atoms with Crippen LogP contribution in [0.4, 0.5) is 5.69 Å². The van der Waals surface area contributed by atoms with Gasteiger partial charge in [0.1, 0.15) is 0 Å². The van der Waals surface area contributed by atoms with E-state index in [9.17, 15) is 4.79 Å². The van der Waals surface area contributed by atoms with Crippen LogP contribution in [0.1, 0.15) is 17.0 Å². The highest BCUT2D eigenvalue weighted by atomic mass is 16.6. The highest BCUT2D eigenvalue weighted by molar-refractivity contribution is 5.87. The molecule has 1 amide bonds. The van der Waals surface area contributed by atoms with E-state index < -0.39 is 0 Å². The standard InChI is InChI=1S/C16H16N2O2/c19-16(18-20-11-12-6-2-1-3-7-12)14-10-17-15-9-5-4-8-13(14)15/h1-9,14,17H,10-11H2,(H,18,19). The Labute approximate surface area is 117 Å². The van der Waals surface area contributed by atoms with E-state index in [2.05, 4.69) is 10.8 Å². The molecule has 1 heterocycles. The molecule has 0 saturated carbocycles. The molecule has 0 aromatic heterocycles. The molecule has 102 valence electrons. The number of rotatable bonds is 4. The number of benzene rings is 2. The second kappa shape index (κ2) is 5.75. The molecular formula is C16H16N2O2. The van der Waals surface area contributed by atoms with Gasteiger partial charge in [0.15, 0.2) is 0 Å². The van der Waals surface area contributed by atoms with Gasteiger partial charge in [-0.25, -0.2) is 5.48 Å². The van der Waals surface area contributed by atoms with E-state index in [1.165, 1.54) is 0 Å². The lowest BCUT2D eigenvalue weighted by Crippen LogP contribution is -2.30. The lowest BCUT2D eigenvalue weighted by atomic mass is 10.0. The van der Waals surface area contributed by atoms with E-state index in [1.807, 2.05) is 54.6 Å². The van der Waals surface area contributed by atoms with Crippen LogP contribution in [0, 0.1) is 0 Å². The third-order valence-corrected chi connectivity index (χ3v) is 3.40. The average Bonchev–Trinajstić information content (AvgIpc) is 2.92. The molecule has 2 aromatic rings. The maximum Gasteiger partial charge on any atom is 0.252 e. The van der Waals surface area contributed by atoms with Gasteiger partial charge in [-0.1, -0.05) is 48.5 Å². The van der Waals surface area contributed by atoms with Crippen LogP contribution in [0.5, 0.6) is 0 Å². The minimum Gasteiger partial charge on any atom is -0.384 e. The summed E-state index contributed by atoms with van der Waals surface area (Å²) >= 11 is 0. The molecule has 0 fully saturated rings. The maximum atomic E-state index is 12.1. The Morgan fingerprint density at radius 1 is 1.15 bits per heavy atom. The molecule has 1 unspecified atom stereocenters. The smallest absolute Gasteiger partial charge is 0.252 e. The van der Waals surface area contributed by atoms with Crippen LogP contribution >= 0.6 is 0 Å². The van der Waals surface area contributed by atoms with Gasteiger partial charge in [-0.3, -0.25) is 9.63 Å². The molecule has 0 spiro atoms. The highest BCUT2D eigenvalue weighted by Gasteiger charge is 2.28. The second-order valence-corrected chi connectivity index (χ2v) is 4.76. The fraction of sp³-hybridized carbons (Fsp3) is 0.188. The first kappa shape index (κ1) is 12.7. The predicted octanol–water partition coefficient (Wildman–Crippen LogP) is 2.44. The summed E-state index contributed by atoms with van der Waals surface area (Å²) in [5.74, 6) is -0.305. The number of hydrogen-bond acceptors (Lipinski definition) is 3. The number of nitrogens with one attached hydrogen (secondary N) is 2. The Balaban J connectivity index is 1.56. The third kappa shape index (κ3) is 2.65. The van der Waals surface area contributed by atoms with Crippen molar-refractivity contribution in [2.45, 2.75) is 12.5 Å². The number of hydroxylamine groups is 1. The largest absolute Gasteiger partial charge is 0.384 e. The number of carbonyl (C=O) groups is 1. The Morgan fingerprint density at radius 3 is 2.75 bits per heavy atom. The van der Waals surface area contributed by atoms with Gasteiger partial charge in [0.25, 0.3) is 5.91 Å². The lowest BCUT2D eigenvalue weighted by molar-refractivity contribution is -0.135. The lowest BCUT2D eigenvalue weighted by Gasteiger charge is -2.11. The van der Waals surface area contributed by atoms with E-state index in [4.69, 9.17) is 4.84 Å². The molecule has 1 atom stereocenters. The van der Waals surface area contributed by atoms with Crippen molar-refractivity contribution in [1.29, 1.82) is 0 Å². The summed E-state index contributed by atoms with van der Waals surface area (Å²) in [4.78, 5) is 17.4. The monoisotopic (exact) mass is 268 g/mol. The number of anilines is 1. The Hall–Kier alpha value is -2.33. The zero-order valence-corrected chi connectivity index (χ0v) is 11.0. The van der Waals surface area contributed by atoms with Crippen LogP contribution in [0.2, 0.25) is 0 Å². The molecule has 0 bridgehead atoms. The van der Waals surface area contributed by atoms with Gasteiger partial charge in [-0.2, -0.15) is 0 Å². The van der Waals surface area contributed by atoms with E-state index >= 15 is 0 Å². The topological polar surface area (TPSA) is 50.4 Å². The van der Waals surface area contributed by atoms with Gasteiger partial charge in [0.05, 0.1) is 12.5 Å². The summed E-state index contributed by atoms with van der Waals surface area (Å²) in [7, 11) is 0. The number of hydrogen-bond donors (Lipinski definition) is 2. The Kier molecular flexibility index (Phi) is 3.65. The minimum atomic E-state index is -0.193. The molecule has 0 radical (unpaired) electrons. The van der Waals surface area contributed by atoms with Gasteiger partial charge in [0.2, 0.25) is 0 Å². The zero-order chi connectivity index (χ0) is 13.8. The minimum absolute atomic E-state index is 0.113. The number of para-hydroxylation sites is 1. The van der Waals surface area contributed by atoms with Crippen molar-refractivity contribution in [2.24, 2.45) is 0 Å². The fourth-order valence-electron chi connectivity index (χ4n) is 2.35. The molecule has 2 aromatic carbocycles. The number of amides is 1. The SMILES string of the molecule is O=C(NOCc1ccccc1)C1CNc2ccccc21. The van der Waals surface area contributed by atoms with E-state index in [-0.39, 0.29) is 11.8 Å². The van der Waals surface area contributed by atoms with Gasteiger partial charge >= 0.3 is 0 Å². The van der Waals surface area contributed by atoms with Crippen molar-refractivity contribution >= 4 is 11.6 Å². The van der Waals surface area contributed by atoms with E-state index in [0.717, 1.165) is 16.8 Å². The normalized spacial score (nSPS) is 16.3. The molecule has 2 N–H and O–H groups in total. The second-order valence-electron chi connectivity index (χ2n) is 4.76. The molecule has 3 rings (SSSR count). The Bertz CT molecular complexity index is 598. The molecule has 1 aliphatic rings. The van der Waals surface area contributed by atoms with Crippen LogP contribution in [0.25, 0.3) is 0 Å². The first-order valence-electron chi connectivity index (χ1n) is 6.63. The van der Waals surface area contributed by atoms with Crippen LogP contribution in [0.3, 0.4) is 0 Å². The predicted molar refractivity (Wildman–Crippen MR) is 77.0 cm³/mol. The third-order valence-electron chi connectivity index (χ3n) is 3.40. The van der Waals surface area contributed by atoms with Crippen molar-refractivity contribution in [1.82, 2.24) is 5.48 Å². The van der Waals surface area contributed by atoms with Crippen LogP contribution in [-0.4, -0.2) is 12.5 Å². The molecule has 20 heavy (non-hydrogen) atoms. The average molecular weight is 268 g/mol. The first-order valence-corrected chi connectivity index (χ1v) is 6.63. The van der Waals surface area contributed by atoms with Crippen molar-refractivity contribution in [3.63, 3.8) is 0 Å². The first-order chi connectivity index (χ1) is 9.84. The molecule has 4 nitrogen and oxygen atoms in total. The van der Waals surface area contributed by atoms with Crippen LogP contribution in [0.15, 0.2) is 54.6 Å². The van der Waals surface area contributed by atoms with Crippen molar-refractivity contribution in [3.05, 3.63) is 65.7 Å². The van der Waals surface area contributed by atoms with Crippen LogP contribution < -0.4 is 10.8 Å². The van der Waals surface area contributed by atoms with Gasteiger partial charge < -0.3 is 5.32 Å². The van der Waals surface area contributed by atoms with Gasteiger partial charge in [0, 0.05) is 12.2 Å². The summed E-state index contributed by atoms with van der Waals surface area (Å²) in [6, 6.07) is 17.6. The van der Waals surface area contributed by atoms with Crippen LogP contribution in [-0.2, 0) is 16.2 Å². The molecule has 0 aliphatic carbocycles. The summed E-state index contributed by atoms with van der Waals surface area (Å²) in [6.07, 6.45) is 0. The molecule has 4 heteroatoms. The fourth-order valence-corrected chi connectivity index (χ4v) is 2.35. The van der Waals surface area contributed by atoms with Crippen molar-refractivity contribution < 1.29 is 9.63 Å². The van der Waals surface area contributed by atoms with Crippen molar-refractivity contribution in [2.75, 3.05) is 11.9 Å².